The Hall–Kier alpha value is -4.21. The second kappa shape index (κ2) is 16.6. The van der Waals surface area contributed by atoms with E-state index in [0.29, 0.717) is 37.3 Å². The maximum Gasteiger partial charge on any atom is 0.510 e. The predicted octanol–water partition coefficient (Wildman–Crippen LogP) is 5.35. The van der Waals surface area contributed by atoms with Gasteiger partial charge in [-0.2, -0.15) is 0 Å². The van der Waals surface area contributed by atoms with Crippen LogP contribution in [0.1, 0.15) is 60.9 Å². The van der Waals surface area contributed by atoms with Crippen molar-refractivity contribution in [2.24, 2.45) is 0 Å². The molecule has 0 aliphatic carbocycles. The largest absolute Gasteiger partial charge is 0.510 e. The van der Waals surface area contributed by atoms with Gasteiger partial charge in [0.2, 0.25) is 12.6 Å². The number of nitrogens with zero attached hydrogens (tertiary/aromatic N) is 7. The third-order valence-electron chi connectivity index (χ3n) is 6.65. The summed E-state index contributed by atoms with van der Waals surface area (Å²) in [5.41, 5.74) is 3.93. The van der Waals surface area contributed by atoms with E-state index in [-0.39, 0.29) is 30.5 Å². The Labute approximate surface area is 258 Å². The monoisotopic (exact) mass is 627 g/mol. The molecule has 14 nitrogen and oxygen atoms in total. The van der Waals surface area contributed by atoms with Crippen LogP contribution in [-0.4, -0.2) is 71.2 Å². The van der Waals surface area contributed by atoms with Crippen molar-refractivity contribution in [2.75, 3.05) is 13.2 Å². The Morgan fingerprint density at radius 2 is 1.75 bits per heavy atom. The van der Waals surface area contributed by atoms with Crippen LogP contribution < -0.4 is 0 Å². The molecule has 0 saturated carbocycles. The molecule has 0 radical (unpaired) electrons. The average molecular weight is 628 g/mol. The van der Waals surface area contributed by atoms with Crippen molar-refractivity contribution in [1.82, 2.24) is 35.1 Å². The lowest BCUT2D eigenvalue weighted by molar-refractivity contribution is -0.492. The summed E-state index contributed by atoms with van der Waals surface area (Å²) in [6, 6.07) is 15.6. The molecule has 0 amide bonds. The van der Waals surface area contributed by atoms with Crippen molar-refractivity contribution in [3.05, 3.63) is 70.8 Å². The summed E-state index contributed by atoms with van der Waals surface area (Å²) in [5, 5.41) is 29.3. The molecule has 0 bridgehead atoms. The molecule has 0 aliphatic heterocycles. The summed E-state index contributed by atoms with van der Waals surface area (Å²) in [7, 11) is 0. The topological polar surface area (TPSA) is 167 Å². The Bertz CT molecular complexity index is 1510. The number of imidazole rings is 1. The van der Waals surface area contributed by atoms with Crippen LogP contribution in [0.3, 0.4) is 0 Å². The second-order valence-electron chi connectivity index (χ2n) is 9.76. The molecule has 15 heteroatoms. The van der Waals surface area contributed by atoms with Gasteiger partial charge in [0.05, 0.1) is 18.6 Å². The number of carbonyl (C=O) groups is 2. The van der Waals surface area contributed by atoms with Gasteiger partial charge in [-0.25, -0.2) is 9.78 Å². The quantitative estimate of drug-likeness (QED) is 0.0667. The van der Waals surface area contributed by atoms with E-state index in [9.17, 15) is 9.59 Å². The minimum atomic E-state index is -0.867. The summed E-state index contributed by atoms with van der Waals surface area (Å²) in [5.74, 6) is 1.15. The van der Waals surface area contributed by atoms with Gasteiger partial charge < -0.3 is 14.0 Å². The number of ether oxygens (including phenoxy) is 2. The molecular weight excluding hydrogens is 594 g/mol. The zero-order valence-corrected chi connectivity index (χ0v) is 25.0. The van der Waals surface area contributed by atoms with Crippen molar-refractivity contribution in [3.8, 4) is 22.5 Å². The normalized spacial score (nSPS) is 11.2. The van der Waals surface area contributed by atoms with Crippen molar-refractivity contribution in [2.45, 2.75) is 58.7 Å². The van der Waals surface area contributed by atoms with Crippen molar-refractivity contribution < 1.29 is 34.3 Å². The molecule has 4 rings (SSSR count). The highest BCUT2D eigenvalue weighted by atomic mass is 35.5. The predicted molar refractivity (Wildman–Crippen MR) is 157 cm³/mol. The number of aryl methyl sites for hydroxylation is 1. The number of tetrazole rings is 1. The molecule has 0 spiro atoms. The molecule has 234 valence electrons. The van der Waals surface area contributed by atoms with Crippen molar-refractivity contribution in [3.63, 3.8) is 0 Å². The van der Waals surface area contributed by atoms with E-state index in [1.54, 1.807) is 0 Å². The lowest BCUT2D eigenvalue weighted by Crippen LogP contribution is -2.15. The Kier molecular flexibility index (Phi) is 12.3. The van der Waals surface area contributed by atoms with Crippen LogP contribution in [0.4, 0.5) is 4.79 Å². The van der Waals surface area contributed by atoms with E-state index in [2.05, 4.69) is 32.2 Å². The molecule has 4 aromatic rings. The van der Waals surface area contributed by atoms with Crippen LogP contribution in [-0.2, 0) is 34.0 Å². The average Bonchev–Trinajstić information content (AvgIpc) is 3.62. The zero-order chi connectivity index (χ0) is 31.3. The van der Waals surface area contributed by atoms with E-state index in [4.69, 9.17) is 31.5 Å². The number of benzene rings is 2. The number of hydrogen-bond donors (Lipinski definition) is 2. The number of rotatable bonds is 17. The molecule has 0 fully saturated rings. The number of halogens is 1. The minimum Gasteiger partial charge on any atom is -0.434 e. The maximum atomic E-state index is 11.9. The summed E-state index contributed by atoms with van der Waals surface area (Å²) < 4.78 is 12.0. The number of hydrogen-bond acceptors (Lipinski definition) is 12. The summed E-state index contributed by atoms with van der Waals surface area (Å²) >= 11 is 6.23. The Balaban J connectivity index is 1.35. The summed E-state index contributed by atoms with van der Waals surface area (Å²) in [6.07, 6.45) is 4.33. The Morgan fingerprint density at radius 1 is 1.00 bits per heavy atom. The SMILES string of the molecule is CCCCc1nc(Cl)c(C=O)n1Cc1ccc(-c2ccccc2-c2nnn(COC(=O)OCCCCCON(O)O)n2)cc1. The fraction of sp³-hybridized carbons (Fsp3) is 0.379. The first-order valence-electron chi connectivity index (χ1n) is 14.2. The molecule has 0 unspecified atom stereocenters. The first kappa shape index (κ1) is 32.7. The molecule has 2 N–H and O–H groups in total. The second-order valence-corrected chi connectivity index (χ2v) is 10.1. The molecule has 2 aromatic heterocycles. The van der Waals surface area contributed by atoms with Gasteiger partial charge in [0.25, 0.3) is 0 Å². The van der Waals surface area contributed by atoms with Crippen LogP contribution in [0.2, 0.25) is 5.15 Å². The third-order valence-corrected chi connectivity index (χ3v) is 6.92. The molecule has 0 aliphatic rings. The number of aromatic nitrogens is 6. The molecule has 0 saturated heterocycles. The van der Waals surface area contributed by atoms with Crippen LogP contribution >= 0.6 is 11.6 Å². The van der Waals surface area contributed by atoms with E-state index < -0.39 is 6.16 Å². The third kappa shape index (κ3) is 9.14. The van der Waals surface area contributed by atoms with Crippen molar-refractivity contribution in [1.29, 1.82) is 0 Å². The van der Waals surface area contributed by atoms with Crippen LogP contribution in [0, 0.1) is 0 Å². The van der Waals surface area contributed by atoms with Crippen LogP contribution in [0.15, 0.2) is 48.5 Å². The van der Waals surface area contributed by atoms with Gasteiger partial charge in [0.15, 0.2) is 11.4 Å². The highest BCUT2D eigenvalue weighted by Crippen LogP contribution is 2.30. The van der Waals surface area contributed by atoms with Gasteiger partial charge in [-0.1, -0.05) is 73.5 Å². The van der Waals surface area contributed by atoms with E-state index >= 15 is 0 Å². The van der Waals surface area contributed by atoms with Crippen LogP contribution in [0.5, 0.6) is 0 Å². The fourth-order valence-electron chi connectivity index (χ4n) is 4.44. The standard InChI is InChI=1S/C29H34ClN7O7/c1-2-3-11-26-31-27(30)25(19-38)35(26)18-21-12-14-22(15-13-21)23-9-5-6-10-24(23)28-32-34-36(33-28)20-43-29(39)42-16-7-4-8-17-44-37(40)41/h5-6,9-10,12-15,19,40-41H,2-4,7-8,11,16-18,20H2,1H3. The van der Waals surface area contributed by atoms with Gasteiger partial charge in [-0.3, -0.25) is 20.0 Å². The highest BCUT2D eigenvalue weighted by Gasteiger charge is 2.17. The van der Waals surface area contributed by atoms with Gasteiger partial charge in [0, 0.05) is 18.5 Å². The van der Waals surface area contributed by atoms with Crippen LogP contribution in [0.25, 0.3) is 22.5 Å². The lowest BCUT2D eigenvalue weighted by atomic mass is 9.98. The van der Waals surface area contributed by atoms with E-state index in [0.717, 1.165) is 58.4 Å². The van der Waals surface area contributed by atoms with E-state index in [1.807, 2.05) is 53.1 Å². The van der Waals surface area contributed by atoms with Gasteiger partial charge in [-0.15, -0.1) is 15.0 Å². The van der Waals surface area contributed by atoms with Gasteiger partial charge >= 0.3 is 6.16 Å². The summed E-state index contributed by atoms with van der Waals surface area (Å²) in [4.78, 5) is 33.6. The highest BCUT2D eigenvalue weighted by molar-refractivity contribution is 6.31. The Morgan fingerprint density at radius 3 is 2.48 bits per heavy atom. The maximum absolute atomic E-state index is 11.9. The van der Waals surface area contributed by atoms with Crippen molar-refractivity contribution >= 4 is 24.0 Å². The molecule has 0 atom stereocenters. The zero-order valence-electron chi connectivity index (χ0n) is 24.2. The lowest BCUT2D eigenvalue weighted by Gasteiger charge is -2.11. The summed E-state index contributed by atoms with van der Waals surface area (Å²) in [6.45, 7) is 2.55. The number of carbonyl (C=O) groups excluding carboxylic acids is 2. The minimum absolute atomic E-state index is 0.122. The first-order valence-corrected chi connectivity index (χ1v) is 14.5. The molecule has 44 heavy (non-hydrogen) atoms. The fourth-order valence-corrected chi connectivity index (χ4v) is 4.68. The molecule has 2 aromatic carbocycles. The molecular formula is C29H34ClN7O7. The number of aldehydes is 1. The van der Waals surface area contributed by atoms with Gasteiger partial charge in [-0.05, 0) is 47.6 Å². The van der Waals surface area contributed by atoms with E-state index in [1.165, 1.54) is 0 Å². The number of unbranched alkanes of at least 4 members (excludes halogenated alkanes) is 3. The first-order chi connectivity index (χ1) is 21.4. The molecule has 2 heterocycles. The van der Waals surface area contributed by atoms with Gasteiger partial charge in [0.1, 0.15) is 11.5 Å². The smallest absolute Gasteiger partial charge is 0.434 e.